The van der Waals surface area contributed by atoms with Crippen LogP contribution in [0.3, 0.4) is 0 Å². The molecule has 0 aliphatic carbocycles. The van der Waals surface area contributed by atoms with Gasteiger partial charge in [-0.05, 0) is 6.92 Å². The zero-order valence-electron chi connectivity index (χ0n) is 7.15. The highest BCUT2D eigenvalue weighted by Gasteiger charge is 2.00. The third kappa shape index (κ3) is 23.1. The summed E-state index contributed by atoms with van der Waals surface area (Å²) < 4.78 is 0. The van der Waals surface area contributed by atoms with Crippen LogP contribution in [0.2, 0.25) is 0 Å². The van der Waals surface area contributed by atoms with Crippen LogP contribution in [-0.2, 0) is 9.59 Å². The Bertz CT molecular complexity index is 141. The first-order valence-electron chi connectivity index (χ1n) is 3.51. The summed E-state index contributed by atoms with van der Waals surface area (Å²) in [7, 11) is 0. The third-order valence-electron chi connectivity index (χ3n) is 0.772. The summed E-state index contributed by atoms with van der Waals surface area (Å²) in [5, 5.41) is 24.0. The van der Waals surface area contributed by atoms with Crippen molar-refractivity contribution in [2.45, 2.75) is 32.8 Å². The molecule has 0 heterocycles. The fourth-order valence-corrected chi connectivity index (χ4v) is 0.253. The van der Waals surface area contributed by atoms with E-state index in [0.717, 1.165) is 0 Å². The highest BCUT2D eigenvalue weighted by atomic mass is 16.4. The minimum atomic E-state index is -0.963. The maximum absolute atomic E-state index is 9.65. The lowest BCUT2D eigenvalue weighted by atomic mass is 10.3. The van der Waals surface area contributed by atoms with Gasteiger partial charge in [-0.15, -0.1) is 0 Å². The zero-order chi connectivity index (χ0) is 10.1. The molecule has 0 aromatic rings. The molecule has 0 amide bonds. The van der Waals surface area contributed by atoms with Crippen LogP contribution in [-0.4, -0.2) is 33.4 Å². The van der Waals surface area contributed by atoms with Gasteiger partial charge in [0.1, 0.15) is 0 Å². The van der Waals surface area contributed by atoms with Crippen LogP contribution in [0.5, 0.6) is 0 Å². The van der Waals surface area contributed by atoms with Crippen molar-refractivity contribution < 1.29 is 24.9 Å². The first kappa shape index (κ1) is 13.5. The van der Waals surface area contributed by atoms with Crippen LogP contribution in [0.25, 0.3) is 0 Å². The monoisotopic (exact) mass is 178 g/mol. The van der Waals surface area contributed by atoms with E-state index in [1.54, 1.807) is 6.92 Å². The number of hydrogen-bond donors (Lipinski definition) is 3. The molecule has 72 valence electrons. The Morgan fingerprint density at radius 2 is 1.58 bits per heavy atom. The lowest BCUT2D eigenvalue weighted by Gasteiger charge is -1.94. The van der Waals surface area contributed by atoms with Crippen LogP contribution in [0.1, 0.15) is 26.7 Å². The molecule has 5 nitrogen and oxygen atoms in total. The number of rotatable bonds is 3. The van der Waals surface area contributed by atoms with E-state index in [9.17, 15) is 9.59 Å². The normalized spacial score (nSPS) is 10.9. The molecule has 0 bridgehead atoms. The van der Waals surface area contributed by atoms with E-state index in [4.69, 9.17) is 15.3 Å². The van der Waals surface area contributed by atoms with Crippen molar-refractivity contribution in [3.05, 3.63) is 0 Å². The summed E-state index contributed by atoms with van der Waals surface area (Å²) in [6, 6.07) is 0. The molecule has 0 radical (unpaired) electrons. The minimum absolute atomic E-state index is 0.167. The van der Waals surface area contributed by atoms with Gasteiger partial charge in [-0.1, -0.05) is 6.92 Å². The molecule has 0 spiro atoms. The number of carbonyl (C=O) groups is 2. The standard InChI is InChI=1S/C4H8O3.C3H6O2/c1-3(5)2-4(6)7;1-2-3(4)5/h3,5H,2H2,1H3,(H,6,7);2H2,1H3,(H,4,5). The predicted octanol–water partition coefficient (Wildman–Crippen LogP) is 0.323. The van der Waals surface area contributed by atoms with E-state index in [0.29, 0.717) is 0 Å². The summed E-state index contributed by atoms with van der Waals surface area (Å²) in [4.78, 5) is 19.0. The molecule has 3 N–H and O–H groups in total. The van der Waals surface area contributed by atoms with Gasteiger partial charge in [-0.2, -0.15) is 0 Å². The Hall–Kier alpha value is -1.10. The van der Waals surface area contributed by atoms with E-state index < -0.39 is 18.0 Å². The first-order valence-corrected chi connectivity index (χ1v) is 3.51. The van der Waals surface area contributed by atoms with E-state index in [2.05, 4.69) is 0 Å². The number of carboxylic acid groups (broad SMARTS) is 2. The molecule has 1 atom stereocenters. The maximum Gasteiger partial charge on any atom is 0.305 e. The van der Waals surface area contributed by atoms with Crippen molar-refractivity contribution in [3.8, 4) is 0 Å². The summed E-state index contributed by atoms with van der Waals surface area (Å²) >= 11 is 0. The Balaban J connectivity index is 0. The Morgan fingerprint density at radius 1 is 1.25 bits per heavy atom. The van der Waals surface area contributed by atoms with Crippen LogP contribution < -0.4 is 0 Å². The number of aliphatic hydroxyl groups excluding tert-OH is 1. The van der Waals surface area contributed by atoms with Crippen molar-refractivity contribution in [3.63, 3.8) is 0 Å². The van der Waals surface area contributed by atoms with Gasteiger partial charge in [-0.3, -0.25) is 9.59 Å². The Labute approximate surface area is 70.6 Å². The molecule has 12 heavy (non-hydrogen) atoms. The summed E-state index contributed by atoms with van der Waals surface area (Å²) in [5.41, 5.74) is 0. The molecule has 0 aromatic carbocycles. The Morgan fingerprint density at radius 3 is 1.58 bits per heavy atom. The number of aliphatic hydroxyl groups is 1. The molecule has 5 heteroatoms. The number of hydrogen-bond acceptors (Lipinski definition) is 3. The van der Waals surface area contributed by atoms with Gasteiger partial charge in [0, 0.05) is 6.42 Å². The van der Waals surface area contributed by atoms with Gasteiger partial charge in [-0.25, -0.2) is 0 Å². The largest absolute Gasteiger partial charge is 0.481 e. The average Bonchev–Trinajstić information content (AvgIpc) is 1.85. The molecular formula is C7H14O5. The first-order chi connectivity index (χ1) is 5.40. The summed E-state index contributed by atoms with van der Waals surface area (Å²) in [6.45, 7) is 3.04. The second kappa shape index (κ2) is 8.00. The summed E-state index contributed by atoms with van der Waals surface area (Å²) in [5.74, 6) is -1.71. The van der Waals surface area contributed by atoms with Crippen LogP contribution in [0.15, 0.2) is 0 Å². The van der Waals surface area contributed by atoms with Crippen LogP contribution in [0.4, 0.5) is 0 Å². The van der Waals surface area contributed by atoms with Gasteiger partial charge in [0.05, 0.1) is 12.5 Å². The Kier molecular flexibility index (Phi) is 8.99. The van der Waals surface area contributed by atoms with E-state index in [-0.39, 0.29) is 12.8 Å². The van der Waals surface area contributed by atoms with Crippen molar-refractivity contribution >= 4 is 11.9 Å². The second-order valence-corrected chi connectivity index (χ2v) is 2.19. The van der Waals surface area contributed by atoms with Crippen molar-refractivity contribution in [2.75, 3.05) is 0 Å². The lowest BCUT2D eigenvalue weighted by Crippen LogP contribution is -2.07. The maximum atomic E-state index is 9.65. The second-order valence-electron chi connectivity index (χ2n) is 2.19. The molecule has 0 rings (SSSR count). The number of carboxylic acids is 2. The highest BCUT2D eigenvalue weighted by Crippen LogP contribution is 1.85. The quantitative estimate of drug-likeness (QED) is 0.578. The SMILES string of the molecule is CC(O)CC(=O)O.CCC(=O)O. The van der Waals surface area contributed by atoms with Gasteiger partial charge >= 0.3 is 11.9 Å². The molecule has 1 unspecified atom stereocenters. The zero-order valence-corrected chi connectivity index (χ0v) is 7.15. The van der Waals surface area contributed by atoms with Gasteiger partial charge in [0.15, 0.2) is 0 Å². The van der Waals surface area contributed by atoms with Gasteiger partial charge in [0.25, 0.3) is 0 Å². The number of aliphatic carboxylic acids is 2. The molecule has 0 aliphatic rings. The smallest absolute Gasteiger partial charge is 0.305 e. The van der Waals surface area contributed by atoms with Crippen molar-refractivity contribution in [1.29, 1.82) is 0 Å². The van der Waals surface area contributed by atoms with Crippen molar-refractivity contribution in [1.82, 2.24) is 0 Å². The van der Waals surface area contributed by atoms with Crippen LogP contribution >= 0.6 is 0 Å². The molecule has 0 saturated carbocycles. The molecule has 0 saturated heterocycles. The lowest BCUT2D eigenvalue weighted by molar-refractivity contribution is -0.139. The molecule has 0 aromatic heterocycles. The topological polar surface area (TPSA) is 94.8 Å². The fraction of sp³-hybridized carbons (Fsp3) is 0.714. The fourth-order valence-electron chi connectivity index (χ4n) is 0.253. The van der Waals surface area contributed by atoms with E-state index in [1.807, 2.05) is 0 Å². The predicted molar refractivity (Wildman–Crippen MR) is 41.9 cm³/mol. The van der Waals surface area contributed by atoms with Gasteiger partial charge in [0.2, 0.25) is 0 Å². The van der Waals surface area contributed by atoms with Gasteiger partial charge < -0.3 is 15.3 Å². The van der Waals surface area contributed by atoms with E-state index in [1.165, 1.54) is 6.92 Å². The molecular weight excluding hydrogens is 164 g/mol. The molecule has 0 fully saturated rings. The summed E-state index contributed by atoms with van der Waals surface area (Å²) in [6.07, 6.45) is -0.669. The minimum Gasteiger partial charge on any atom is -0.481 e. The molecule has 0 aliphatic heterocycles. The average molecular weight is 178 g/mol. The van der Waals surface area contributed by atoms with Crippen molar-refractivity contribution in [2.24, 2.45) is 0 Å². The van der Waals surface area contributed by atoms with Crippen LogP contribution in [0, 0.1) is 0 Å². The highest BCUT2D eigenvalue weighted by molar-refractivity contribution is 5.67. The third-order valence-corrected chi connectivity index (χ3v) is 0.772. The van der Waals surface area contributed by atoms with E-state index >= 15 is 0 Å².